The molecule has 0 saturated carbocycles. The number of anilines is 3. The van der Waals surface area contributed by atoms with Crippen molar-refractivity contribution in [1.29, 1.82) is 0 Å². The SMILES string of the molecule is [2H]c1c2c(c([2H])c(N(c3ccc(C(C)(C)C)cc3)c3cc4c5ccccc5n5c6ccccc6c(c3)c45)c1-c1ccccc1)CCCC2. The van der Waals surface area contributed by atoms with Gasteiger partial charge in [0.1, 0.15) is 0 Å². The minimum Gasteiger partial charge on any atom is -0.310 e. The van der Waals surface area contributed by atoms with Gasteiger partial charge in [0.05, 0.1) is 25.0 Å². The van der Waals surface area contributed by atoms with Crippen LogP contribution in [0.3, 0.4) is 0 Å². The van der Waals surface area contributed by atoms with Crippen LogP contribution >= 0.6 is 0 Å². The van der Waals surface area contributed by atoms with Crippen LogP contribution in [0.5, 0.6) is 0 Å². The molecule has 8 aromatic rings. The molecule has 2 heterocycles. The Bertz CT molecular complexity index is 2420. The Kier molecular flexibility index (Phi) is 5.59. The second-order valence-electron chi connectivity index (χ2n) is 13.9. The molecule has 0 atom stereocenters. The first-order valence-electron chi connectivity index (χ1n) is 17.6. The predicted octanol–water partition coefficient (Wildman–Crippen LogP) is 12.1. The van der Waals surface area contributed by atoms with Gasteiger partial charge in [-0.3, -0.25) is 0 Å². The number of benzene rings is 6. The molecule has 0 amide bonds. The van der Waals surface area contributed by atoms with Gasteiger partial charge in [-0.1, -0.05) is 99.6 Å². The summed E-state index contributed by atoms with van der Waals surface area (Å²) in [6.07, 6.45) is 3.80. The third kappa shape index (κ3) is 4.16. The largest absolute Gasteiger partial charge is 0.310 e. The van der Waals surface area contributed by atoms with Crippen molar-refractivity contribution in [3.63, 3.8) is 0 Å². The maximum atomic E-state index is 9.94. The molecule has 1 aliphatic carbocycles. The van der Waals surface area contributed by atoms with Crippen molar-refractivity contribution in [3.8, 4) is 11.1 Å². The molecule has 0 saturated heterocycles. The number of para-hydroxylation sites is 2. The molecule has 6 aromatic carbocycles. The highest BCUT2D eigenvalue weighted by Crippen LogP contribution is 2.47. The summed E-state index contributed by atoms with van der Waals surface area (Å²) in [5.41, 5.74) is 11.6. The highest BCUT2D eigenvalue weighted by atomic mass is 15.1. The van der Waals surface area contributed by atoms with E-state index in [-0.39, 0.29) is 5.41 Å². The van der Waals surface area contributed by atoms with Crippen LogP contribution in [0.2, 0.25) is 0 Å². The molecule has 0 aliphatic heterocycles. The van der Waals surface area contributed by atoms with Crippen molar-refractivity contribution in [3.05, 3.63) is 144 Å². The first kappa shape index (κ1) is 25.2. The summed E-state index contributed by atoms with van der Waals surface area (Å²) in [6, 6.07) is 42.3. The zero-order chi connectivity index (χ0) is 32.7. The van der Waals surface area contributed by atoms with Gasteiger partial charge in [0.2, 0.25) is 0 Å². The van der Waals surface area contributed by atoms with Crippen LogP contribution in [0.15, 0.2) is 127 Å². The summed E-state index contributed by atoms with van der Waals surface area (Å²) in [5, 5.41) is 4.83. The van der Waals surface area contributed by atoms with E-state index in [1.54, 1.807) is 0 Å². The maximum Gasteiger partial charge on any atom is 0.0648 e. The van der Waals surface area contributed by atoms with Crippen LogP contribution in [0, 0.1) is 0 Å². The lowest BCUT2D eigenvalue weighted by Crippen LogP contribution is -2.15. The average Bonchev–Trinajstić information content (AvgIpc) is 3.63. The standard InChI is InChI=1S/C44H38N2/c1-44(2,3)32-21-23-33(24-22-32)45(42-26-31-16-8-7-15-30(31)25-37(42)29-13-5-4-6-14-29)34-27-38-35-17-9-11-19-40(35)46-41-20-12-10-18-36(41)39(28-34)43(38)46/h4-6,9-14,17-28H,7-8,15-16H2,1-3H3/i25D,26D. The van der Waals surface area contributed by atoms with Gasteiger partial charge in [-0.15, -0.1) is 0 Å². The van der Waals surface area contributed by atoms with Crippen LogP contribution in [0.25, 0.3) is 49.2 Å². The van der Waals surface area contributed by atoms with Gasteiger partial charge in [0, 0.05) is 38.5 Å². The summed E-state index contributed by atoms with van der Waals surface area (Å²) in [6.45, 7) is 6.73. The smallest absolute Gasteiger partial charge is 0.0648 e. The first-order chi connectivity index (χ1) is 23.3. The van der Waals surface area contributed by atoms with Gasteiger partial charge in [-0.05, 0) is 102 Å². The minimum atomic E-state index is 0.00960. The highest BCUT2D eigenvalue weighted by Gasteiger charge is 2.25. The number of fused-ring (bicyclic) bond motifs is 7. The molecule has 2 heteroatoms. The van der Waals surface area contributed by atoms with Gasteiger partial charge in [-0.2, -0.15) is 0 Å². The van der Waals surface area contributed by atoms with Crippen molar-refractivity contribution in [2.24, 2.45) is 0 Å². The van der Waals surface area contributed by atoms with Crippen molar-refractivity contribution in [1.82, 2.24) is 4.40 Å². The van der Waals surface area contributed by atoms with Gasteiger partial charge >= 0.3 is 0 Å². The van der Waals surface area contributed by atoms with E-state index in [4.69, 9.17) is 0 Å². The van der Waals surface area contributed by atoms with Crippen molar-refractivity contribution < 1.29 is 2.74 Å². The molecule has 2 nitrogen and oxygen atoms in total. The molecule has 9 rings (SSSR count). The summed E-state index contributed by atoms with van der Waals surface area (Å²) >= 11 is 0. The summed E-state index contributed by atoms with van der Waals surface area (Å²) in [5.74, 6) is 0. The third-order valence-corrected chi connectivity index (χ3v) is 9.97. The minimum absolute atomic E-state index is 0.00960. The van der Waals surface area contributed by atoms with E-state index < -0.39 is 0 Å². The Morgan fingerprint density at radius 3 is 1.78 bits per heavy atom. The van der Waals surface area contributed by atoms with Crippen LogP contribution < -0.4 is 4.90 Å². The number of rotatable bonds is 4. The fourth-order valence-electron chi connectivity index (χ4n) is 7.66. The fraction of sp³-hybridized carbons (Fsp3) is 0.182. The topological polar surface area (TPSA) is 7.65 Å². The Morgan fingerprint density at radius 1 is 0.609 bits per heavy atom. The lowest BCUT2D eigenvalue weighted by Gasteiger charge is -2.31. The third-order valence-electron chi connectivity index (χ3n) is 9.97. The fourth-order valence-corrected chi connectivity index (χ4v) is 7.66. The Balaban J connectivity index is 1.43. The van der Waals surface area contributed by atoms with Crippen molar-refractivity contribution >= 4 is 55.2 Å². The van der Waals surface area contributed by atoms with E-state index in [9.17, 15) is 2.74 Å². The van der Waals surface area contributed by atoms with E-state index >= 15 is 0 Å². The predicted molar refractivity (Wildman–Crippen MR) is 197 cm³/mol. The van der Waals surface area contributed by atoms with E-state index in [2.05, 4.69) is 127 Å². The second-order valence-corrected chi connectivity index (χ2v) is 13.9. The lowest BCUT2D eigenvalue weighted by atomic mass is 9.86. The Hall–Kier alpha value is -5.08. The summed E-state index contributed by atoms with van der Waals surface area (Å²) < 4.78 is 22.1. The second kappa shape index (κ2) is 10.2. The first-order valence-corrected chi connectivity index (χ1v) is 16.6. The van der Waals surface area contributed by atoms with Crippen LogP contribution in [0.4, 0.5) is 17.1 Å². The van der Waals surface area contributed by atoms with Gasteiger partial charge in [0.25, 0.3) is 0 Å². The molecule has 0 bridgehead atoms. The number of hydrogen-bond acceptors (Lipinski definition) is 1. The molecule has 1 aliphatic rings. The van der Waals surface area contributed by atoms with Gasteiger partial charge < -0.3 is 9.30 Å². The molecule has 0 spiro atoms. The Morgan fingerprint density at radius 2 is 1.17 bits per heavy atom. The molecular weight excluding hydrogens is 556 g/mol. The van der Waals surface area contributed by atoms with E-state index in [0.717, 1.165) is 65.0 Å². The quantitative estimate of drug-likeness (QED) is 0.196. The van der Waals surface area contributed by atoms with Crippen LogP contribution in [-0.4, -0.2) is 4.40 Å². The molecule has 224 valence electrons. The molecule has 0 N–H and O–H groups in total. The maximum absolute atomic E-state index is 9.94. The van der Waals surface area contributed by atoms with Gasteiger partial charge in [0.15, 0.2) is 0 Å². The van der Waals surface area contributed by atoms with Crippen molar-refractivity contribution in [2.45, 2.75) is 51.9 Å². The summed E-state index contributed by atoms with van der Waals surface area (Å²) in [7, 11) is 0. The highest BCUT2D eigenvalue weighted by molar-refractivity contribution is 6.24. The van der Waals surface area contributed by atoms with Crippen LogP contribution in [0.1, 0.15) is 53.0 Å². The van der Waals surface area contributed by atoms with Crippen molar-refractivity contribution in [2.75, 3.05) is 4.90 Å². The van der Waals surface area contributed by atoms with E-state index in [0.29, 0.717) is 12.1 Å². The van der Waals surface area contributed by atoms with Crippen LogP contribution in [-0.2, 0) is 18.3 Å². The van der Waals surface area contributed by atoms with E-state index in [1.807, 2.05) is 18.2 Å². The number of hydrogen-bond donors (Lipinski definition) is 0. The number of aromatic nitrogens is 1. The normalized spacial score (nSPS) is 14.2. The molecule has 0 fully saturated rings. The van der Waals surface area contributed by atoms with E-state index in [1.165, 1.54) is 43.7 Å². The summed E-state index contributed by atoms with van der Waals surface area (Å²) in [4.78, 5) is 2.28. The number of nitrogens with zero attached hydrogens (tertiary/aromatic N) is 2. The molecule has 0 unspecified atom stereocenters. The van der Waals surface area contributed by atoms with Gasteiger partial charge in [-0.25, -0.2) is 0 Å². The molecule has 46 heavy (non-hydrogen) atoms. The Labute approximate surface area is 273 Å². The monoisotopic (exact) mass is 596 g/mol. The average molecular weight is 597 g/mol. The zero-order valence-corrected chi connectivity index (χ0v) is 26.7. The molecular formula is C44H38N2. The zero-order valence-electron chi connectivity index (χ0n) is 28.7. The molecule has 2 aromatic heterocycles. The molecule has 0 radical (unpaired) electrons. The lowest BCUT2D eigenvalue weighted by molar-refractivity contribution is 0.590.